The largest absolute Gasteiger partial charge is 0.310 e. The van der Waals surface area contributed by atoms with Crippen LogP contribution in [0.1, 0.15) is 0 Å². The van der Waals surface area contributed by atoms with Gasteiger partial charge in [-0.05, 0) is 80.5 Å². The number of aromatic nitrogens is 1. The molecule has 1 aromatic heterocycles. The molecule has 0 aliphatic heterocycles. The van der Waals surface area contributed by atoms with Crippen molar-refractivity contribution in [1.29, 1.82) is 0 Å². The molecule has 0 aliphatic carbocycles. The molecule has 0 radical (unpaired) electrons. The van der Waals surface area contributed by atoms with Gasteiger partial charge in [0.2, 0.25) is 0 Å². The summed E-state index contributed by atoms with van der Waals surface area (Å²) in [6, 6.07) is 57.7. The molecule has 0 aliphatic rings. The Hall–Kier alpha value is -6.12. The quantitative estimate of drug-likeness (QED) is 0.167. The molecule has 1 heterocycles. The van der Waals surface area contributed by atoms with E-state index in [4.69, 9.17) is 0 Å². The van der Waals surface area contributed by atoms with Gasteiger partial charge < -0.3 is 9.47 Å². The number of benzene rings is 9. The molecular weight excluding hydrogens is 624 g/mol. The molecule has 10 rings (SSSR count). The van der Waals surface area contributed by atoms with E-state index >= 15 is 0 Å². The summed E-state index contributed by atoms with van der Waals surface area (Å²) >= 11 is 0. The van der Waals surface area contributed by atoms with Crippen LogP contribution in [-0.4, -0.2) is 36.0 Å². The van der Waals surface area contributed by atoms with Crippen LogP contribution in [-0.2, 0) is 0 Å². The number of hydrogen-bond acceptors (Lipinski definition) is 1. The fourth-order valence-corrected chi connectivity index (χ4v) is 8.98. The lowest BCUT2D eigenvalue weighted by molar-refractivity contribution is 1.21. The van der Waals surface area contributed by atoms with Crippen LogP contribution in [0.5, 0.6) is 0 Å². The normalized spacial score (nSPS) is 11.8. The second kappa shape index (κ2) is 11.7. The van der Waals surface area contributed by atoms with Crippen LogP contribution in [0.15, 0.2) is 158 Å². The fraction of sp³-hybridized carbons (Fsp3) is 0. The third-order valence-electron chi connectivity index (χ3n) is 11.6. The summed E-state index contributed by atoms with van der Waals surface area (Å²) in [6.45, 7) is 0. The number of nitrogens with zero attached hydrogens (tertiary/aromatic N) is 2. The van der Waals surface area contributed by atoms with Crippen LogP contribution >= 0.6 is 0 Å². The molecular formula is C46H34B4N2. The maximum Gasteiger partial charge on any atom is 0.141 e. The maximum atomic E-state index is 2.50. The van der Waals surface area contributed by atoms with Crippen molar-refractivity contribution in [3.63, 3.8) is 0 Å². The van der Waals surface area contributed by atoms with Gasteiger partial charge in [0.15, 0.2) is 0 Å². The summed E-state index contributed by atoms with van der Waals surface area (Å²) in [5, 5.41) is 10.3. The van der Waals surface area contributed by atoms with E-state index in [-0.39, 0.29) is 0 Å². The van der Waals surface area contributed by atoms with Gasteiger partial charge in [0, 0.05) is 33.2 Å². The van der Waals surface area contributed by atoms with Crippen LogP contribution in [0.2, 0.25) is 0 Å². The van der Waals surface area contributed by atoms with E-state index in [0.717, 1.165) is 11.4 Å². The Morgan fingerprint density at radius 2 is 0.846 bits per heavy atom. The average molecular weight is 658 g/mol. The molecule has 0 fully saturated rings. The van der Waals surface area contributed by atoms with Gasteiger partial charge in [-0.1, -0.05) is 137 Å². The van der Waals surface area contributed by atoms with Crippen molar-refractivity contribution >= 4 is 124 Å². The molecule has 10 aromatic rings. The van der Waals surface area contributed by atoms with Gasteiger partial charge in [-0.25, -0.2) is 0 Å². The highest BCUT2D eigenvalue weighted by atomic mass is 15.1. The molecule has 52 heavy (non-hydrogen) atoms. The zero-order valence-electron chi connectivity index (χ0n) is 29.9. The Bertz CT molecular complexity index is 2890. The highest BCUT2D eigenvalue weighted by Gasteiger charge is 2.23. The standard InChI is InChI=1S/C46H34B4N2/c47-42-41(43(48)45(50)46(44(42)49)52-36-17-9-7-15-31(36)32-16-8-10-18-37(32)52)34-24-20-27-21-25-35-38(26-22-28-19-23-33(34)39(27)40(28)35)51(29-11-3-1-4-12-29)30-13-5-2-6-14-30/h1-26H,47-50H2. The van der Waals surface area contributed by atoms with Gasteiger partial charge in [0.25, 0.3) is 0 Å². The van der Waals surface area contributed by atoms with E-state index in [1.54, 1.807) is 0 Å². The Balaban J connectivity index is 1.23. The van der Waals surface area contributed by atoms with Crippen LogP contribution in [0.4, 0.5) is 17.1 Å². The third kappa shape index (κ3) is 4.37. The maximum absolute atomic E-state index is 2.50. The number of anilines is 3. The molecule has 240 valence electrons. The van der Waals surface area contributed by atoms with Gasteiger partial charge >= 0.3 is 0 Å². The second-order valence-corrected chi connectivity index (χ2v) is 14.2. The molecule has 0 N–H and O–H groups in total. The minimum Gasteiger partial charge on any atom is -0.310 e. The molecule has 0 saturated carbocycles. The monoisotopic (exact) mass is 658 g/mol. The lowest BCUT2D eigenvalue weighted by Gasteiger charge is -2.28. The first-order chi connectivity index (χ1) is 25.5. The molecule has 6 heteroatoms. The van der Waals surface area contributed by atoms with Crippen molar-refractivity contribution in [3.05, 3.63) is 158 Å². The average Bonchev–Trinajstić information content (AvgIpc) is 3.52. The van der Waals surface area contributed by atoms with E-state index in [2.05, 4.69) is 199 Å². The van der Waals surface area contributed by atoms with E-state index in [1.807, 2.05) is 0 Å². The molecule has 0 spiro atoms. The Morgan fingerprint density at radius 3 is 1.42 bits per heavy atom. The summed E-state index contributed by atoms with van der Waals surface area (Å²) in [4.78, 5) is 2.39. The van der Waals surface area contributed by atoms with Crippen molar-refractivity contribution in [3.8, 4) is 16.8 Å². The topological polar surface area (TPSA) is 8.17 Å². The molecule has 2 nitrogen and oxygen atoms in total. The minimum absolute atomic E-state index is 1.14. The van der Waals surface area contributed by atoms with E-state index in [1.165, 1.54) is 98.5 Å². The predicted molar refractivity (Wildman–Crippen MR) is 237 cm³/mol. The lowest BCUT2D eigenvalue weighted by atomic mass is 9.64. The molecule has 0 saturated heterocycles. The first kappa shape index (κ1) is 30.7. The summed E-state index contributed by atoms with van der Waals surface area (Å²) < 4.78 is 2.50. The first-order valence-electron chi connectivity index (χ1n) is 18.2. The molecule has 0 unspecified atom stereocenters. The molecule has 0 bridgehead atoms. The number of para-hydroxylation sites is 4. The van der Waals surface area contributed by atoms with Gasteiger partial charge in [-0.15, -0.1) is 0 Å². The van der Waals surface area contributed by atoms with Crippen molar-refractivity contribution in [2.75, 3.05) is 4.90 Å². The van der Waals surface area contributed by atoms with Crippen LogP contribution in [0, 0.1) is 0 Å². The smallest absolute Gasteiger partial charge is 0.141 e. The fourth-order valence-electron chi connectivity index (χ4n) is 8.98. The zero-order chi connectivity index (χ0) is 35.1. The second-order valence-electron chi connectivity index (χ2n) is 14.2. The Kier molecular flexibility index (Phi) is 6.91. The van der Waals surface area contributed by atoms with Crippen molar-refractivity contribution < 1.29 is 0 Å². The Labute approximate surface area is 307 Å². The minimum atomic E-state index is 1.14. The SMILES string of the molecule is Bc1c(B)c(-n2c3ccccc3c3ccccc32)c(B)c(B)c1-c1ccc2ccc3c(N(c4ccccc4)c4ccccc4)ccc4ccc1c2c43. The summed E-state index contributed by atoms with van der Waals surface area (Å²) in [5.41, 5.74) is 15.2. The van der Waals surface area contributed by atoms with E-state index < -0.39 is 0 Å². The van der Waals surface area contributed by atoms with Crippen LogP contribution in [0.3, 0.4) is 0 Å². The van der Waals surface area contributed by atoms with E-state index in [9.17, 15) is 0 Å². The molecule has 9 aromatic carbocycles. The van der Waals surface area contributed by atoms with Crippen molar-refractivity contribution in [2.24, 2.45) is 0 Å². The number of fused-ring (bicyclic) bond motifs is 3. The highest BCUT2D eigenvalue weighted by Crippen LogP contribution is 2.45. The van der Waals surface area contributed by atoms with Crippen LogP contribution in [0.25, 0.3) is 70.9 Å². The number of hydrogen-bond donors (Lipinski definition) is 0. The Morgan fingerprint density at radius 1 is 0.385 bits per heavy atom. The van der Waals surface area contributed by atoms with Gasteiger partial charge in [-0.2, -0.15) is 0 Å². The lowest BCUT2D eigenvalue weighted by Crippen LogP contribution is -2.46. The summed E-state index contributed by atoms with van der Waals surface area (Å²) in [6.07, 6.45) is 0. The highest BCUT2D eigenvalue weighted by molar-refractivity contribution is 6.62. The zero-order valence-corrected chi connectivity index (χ0v) is 29.9. The molecule has 0 amide bonds. The molecule has 0 atom stereocenters. The van der Waals surface area contributed by atoms with Gasteiger partial charge in [0.05, 0.1) is 16.7 Å². The van der Waals surface area contributed by atoms with Gasteiger partial charge in [0.1, 0.15) is 31.4 Å². The first-order valence-corrected chi connectivity index (χ1v) is 18.2. The number of rotatable bonds is 5. The van der Waals surface area contributed by atoms with Gasteiger partial charge in [-0.3, -0.25) is 0 Å². The summed E-state index contributed by atoms with van der Waals surface area (Å²) in [7, 11) is 9.27. The summed E-state index contributed by atoms with van der Waals surface area (Å²) in [5.74, 6) is 0. The predicted octanol–water partition coefficient (Wildman–Crippen LogP) is 5.85. The third-order valence-corrected chi connectivity index (χ3v) is 11.6. The van der Waals surface area contributed by atoms with Crippen LogP contribution < -0.4 is 26.8 Å². The van der Waals surface area contributed by atoms with E-state index in [0.29, 0.717) is 0 Å². The van der Waals surface area contributed by atoms with Crippen molar-refractivity contribution in [2.45, 2.75) is 0 Å². The van der Waals surface area contributed by atoms with Crippen molar-refractivity contribution in [1.82, 2.24) is 4.57 Å².